The standard InChI is InChI=1S/C17H18Cl2N4O4S/c1-3-22(4-2)28(26,27)14-7-8-16(17(10-14)23(24)25)21-20-11-12-5-6-13(18)9-15(12)19/h5-11,21H,3-4H2,1-2H3/b20-11+. The first kappa shape index (κ1) is 22.1. The van der Waals surface area contributed by atoms with Crippen LogP contribution in [0.1, 0.15) is 19.4 Å². The Morgan fingerprint density at radius 2 is 1.86 bits per heavy atom. The van der Waals surface area contributed by atoms with Crippen LogP contribution in [0.15, 0.2) is 46.4 Å². The number of anilines is 1. The van der Waals surface area contributed by atoms with Gasteiger partial charge in [-0.25, -0.2) is 8.42 Å². The molecule has 8 nitrogen and oxygen atoms in total. The van der Waals surface area contributed by atoms with E-state index in [4.69, 9.17) is 23.2 Å². The normalized spacial score (nSPS) is 11.9. The van der Waals surface area contributed by atoms with Gasteiger partial charge in [0.25, 0.3) is 5.69 Å². The number of rotatable bonds is 8. The molecule has 2 aromatic carbocycles. The second kappa shape index (κ2) is 9.33. The zero-order chi connectivity index (χ0) is 20.9. The highest BCUT2D eigenvalue weighted by atomic mass is 35.5. The summed E-state index contributed by atoms with van der Waals surface area (Å²) in [6, 6.07) is 8.43. The number of halogens is 2. The summed E-state index contributed by atoms with van der Waals surface area (Å²) >= 11 is 11.9. The van der Waals surface area contributed by atoms with Gasteiger partial charge in [0.15, 0.2) is 0 Å². The molecule has 2 rings (SSSR count). The van der Waals surface area contributed by atoms with Gasteiger partial charge < -0.3 is 0 Å². The van der Waals surface area contributed by atoms with E-state index in [-0.39, 0.29) is 23.7 Å². The fourth-order valence-electron chi connectivity index (χ4n) is 2.41. The lowest BCUT2D eigenvalue weighted by molar-refractivity contribution is -0.384. The van der Waals surface area contributed by atoms with Crippen molar-refractivity contribution in [3.8, 4) is 0 Å². The Morgan fingerprint density at radius 3 is 2.43 bits per heavy atom. The van der Waals surface area contributed by atoms with Gasteiger partial charge in [0.1, 0.15) is 5.69 Å². The minimum atomic E-state index is -3.81. The summed E-state index contributed by atoms with van der Waals surface area (Å²) in [5.74, 6) is 0. The predicted molar refractivity (Wildman–Crippen MR) is 111 cm³/mol. The van der Waals surface area contributed by atoms with Crippen LogP contribution in [0.2, 0.25) is 10.0 Å². The molecule has 0 saturated heterocycles. The third-order valence-corrected chi connectivity index (χ3v) is 6.47. The molecule has 150 valence electrons. The molecule has 0 unspecified atom stereocenters. The zero-order valence-electron chi connectivity index (χ0n) is 15.1. The van der Waals surface area contributed by atoms with E-state index in [0.717, 1.165) is 6.07 Å². The summed E-state index contributed by atoms with van der Waals surface area (Å²) in [6.07, 6.45) is 1.38. The Morgan fingerprint density at radius 1 is 1.18 bits per heavy atom. The second-order valence-electron chi connectivity index (χ2n) is 5.56. The van der Waals surface area contributed by atoms with Crippen LogP contribution in [-0.4, -0.2) is 37.0 Å². The Balaban J connectivity index is 2.33. The van der Waals surface area contributed by atoms with Gasteiger partial charge in [0.2, 0.25) is 10.0 Å². The Kier molecular flexibility index (Phi) is 7.36. The summed E-state index contributed by atoms with van der Waals surface area (Å²) in [5.41, 5.74) is 2.74. The first-order valence-corrected chi connectivity index (χ1v) is 10.4. The van der Waals surface area contributed by atoms with Gasteiger partial charge in [-0.1, -0.05) is 43.1 Å². The van der Waals surface area contributed by atoms with E-state index in [1.807, 2.05) is 0 Å². The molecule has 2 aromatic rings. The summed E-state index contributed by atoms with van der Waals surface area (Å²) in [4.78, 5) is 10.6. The molecule has 0 fully saturated rings. The third-order valence-electron chi connectivity index (χ3n) is 3.86. The number of nitro benzene ring substituents is 1. The lowest BCUT2D eigenvalue weighted by Gasteiger charge is -2.18. The van der Waals surface area contributed by atoms with Crippen molar-refractivity contribution < 1.29 is 13.3 Å². The van der Waals surface area contributed by atoms with Crippen LogP contribution in [0.25, 0.3) is 0 Å². The molecule has 1 N–H and O–H groups in total. The average Bonchev–Trinajstić information content (AvgIpc) is 2.64. The van der Waals surface area contributed by atoms with E-state index in [2.05, 4.69) is 10.5 Å². The van der Waals surface area contributed by atoms with Gasteiger partial charge in [-0.2, -0.15) is 9.41 Å². The molecule has 0 atom stereocenters. The number of sulfonamides is 1. The number of nitrogens with one attached hydrogen (secondary N) is 1. The minimum absolute atomic E-state index is 0.0461. The number of benzene rings is 2. The summed E-state index contributed by atoms with van der Waals surface area (Å²) in [6.45, 7) is 3.92. The Bertz CT molecular complexity index is 1010. The monoisotopic (exact) mass is 444 g/mol. The van der Waals surface area contributed by atoms with Gasteiger partial charge >= 0.3 is 0 Å². The van der Waals surface area contributed by atoms with Gasteiger partial charge in [-0.3, -0.25) is 15.5 Å². The van der Waals surface area contributed by atoms with Gasteiger partial charge in [0, 0.05) is 29.7 Å². The van der Waals surface area contributed by atoms with Crippen LogP contribution < -0.4 is 5.43 Å². The molecule has 28 heavy (non-hydrogen) atoms. The second-order valence-corrected chi connectivity index (χ2v) is 8.34. The van der Waals surface area contributed by atoms with Crippen molar-refractivity contribution in [1.82, 2.24) is 4.31 Å². The number of nitro groups is 1. The van der Waals surface area contributed by atoms with Gasteiger partial charge in [-0.15, -0.1) is 0 Å². The van der Waals surface area contributed by atoms with E-state index in [9.17, 15) is 18.5 Å². The van der Waals surface area contributed by atoms with Crippen molar-refractivity contribution in [2.24, 2.45) is 5.10 Å². The summed E-state index contributed by atoms with van der Waals surface area (Å²) in [5, 5.41) is 16.2. The number of hydrazone groups is 1. The fraction of sp³-hybridized carbons (Fsp3) is 0.235. The molecule has 0 amide bonds. The zero-order valence-corrected chi connectivity index (χ0v) is 17.4. The number of hydrogen-bond donors (Lipinski definition) is 1. The minimum Gasteiger partial charge on any atom is -0.272 e. The molecule has 0 aliphatic carbocycles. The van der Waals surface area contributed by atoms with Crippen LogP contribution in [0.3, 0.4) is 0 Å². The maximum Gasteiger partial charge on any atom is 0.295 e. The van der Waals surface area contributed by atoms with Crippen LogP contribution in [0, 0.1) is 10.1 Å². The quantitative estimate of drug-likeness (QED) is 0.369. The van der Waals surface area contributed by atoms with E-state index >= 15 is 0 Å². The van der Waals surface area contributed by atoms with Gasteiger partial charge in [0.05, 0.1) is 21.1 Å². The molecule has 0 bridgehead atoms. The molecular formula is C17H18Cl2N4O4S. The third kappa shape index (κ3) is 4.99. The van der Waals surface area contributed by atoms with Crippen molar-refractivity contribution in [1.29, 1.82) is 0 Å². The first-order valence-electron chi connectivity index (χ1n) is 8.23. The van der Waals surface area contributed by atoms with E-state index < -0.39 is 20.6 Å². The highest BCUT2D eigenvalue weighted by molar-refractivity contribution is 7.89. The fourth-order valence-corrected chi connectivity index (χ4v) is 4.34. The van der Waals surface area contributed by atoms with Crippen LogP contribution in [0.5, 0.6) is 0 Å². The summed E-state index contributed by atoms with van der Waals surface area (Å²) < 4.78 is 26.4. The van der Waals surface area contributed by atoms with E-state index in [1.54, 1.807) is 32.0 Å². The molecule has 0 radical (unpaired) electrons. The smallest absolute Gasteiger partial charge is 0.272 e. The highest BCUT2D eigenvalue weighted by Gasteiger charge is 2.25. The molecular weight excluding hydrogens is 427 g/mol. The van der Waals surface area contributed by atoms with Crippen LogP contribution in [0.4, 0.5) is 11.4 Å². The maximum atomic E-state index is 12.6. The Hall–Kier alpha value is -2.20. The maximum absolute atomic E-state index is 12.6. The van der Waals surface area contributed by atoms with E-state index in [1.165, 1.54) is 22.7 Å². The number of hydrogen-bond acceptors (Lipinski definition) is 6. The van der Waals surface area contributed by atoms with Crippen molar-refractivity contribution in [2.75, 3.05) is 18.5 Å². The topological polar surface area (TPSA) is 105 Å². The highest BCUT2D eigenvalue weighted by Crippen LogP contribution is 2.29. The van der Waals surface area contributed by atoms with Crippen molar-refractivity contribution in [3.63, 3.8) is 0 Å². The molecule has 0 aliphatic rings. The predicted octanol–water partition coefficient (Wildman–Crippen LogP) is 4.38. The molecule has 11 heteroatoms. The van der Waals surface area contributed by atoms with Crippen molar-refractivity contribution >= 4 is 50.8 Å². The van der Waals surface area contributed by atoms with Crippen molar-refractivity contribution in [2.45, 2.75) is 18.7 Å². The molecule has 0 heterocycles. The average molecular weight is 445 g/mol. The Labute approximate surface area is 173 Å². The largest absolute Gasteiger partial charge is 0.295 e. The lowest BCUT2D eigenvalue weighted by atomic mass is 10.2. The first-order chi connectivity index (χ1) is 13.2. The molecule has 0 spiro atoms. The van der Waals surface area contributed by atoms with Crippen LogP contribution >= 0.6 is 23.2 Å². The van der Waals surface area contributed by atoms with Gasteiger partial charge in [-0.05, 0) is 24.3 Å². The van der Waals surface area contributed by atoms with Crippen LogP contribution in [-0.2, 0) is 10.0 Å². The molecule has 0 aliphatic heterocycles. The van der Waals surface area contributed by atoms with E-state index in [0.29, 0.717) is 15.6 Å². The molecule has 0 aromatic heterocycles. The number of nitrogens with zero attached hydrogens (tertiary/aromatic N) is 3. The lowest BCUT2D eigenvalue weighted by Crippen LogP contribution is -2.30. The van der Waals surface area contributed by atoms with Crippen molar-refractivity contribution in [3.05, 3.63) is 62.1 Å². The SMILES string of the molecule is CCN(CC)S(=O)(=O)c1ccc(N/N=C/c2ccc(Cl)cc2Cl)c([N+](=O)[O-])c1. The molecule has 0 saturated carbocycles. The summed E-state index contributed by atoms with van der Waals surface area (Å²) in [7, 11) is -3.81.